The average molecular weight is 185 g/mol. The lowest BCUT2D eigenvalue weighted by molar-refractivity contribution is 0.158. The van der Waals surface area contributed by atoms with E-state index in [4.69, 9.17) is 14.9 Å². The highest BCUT2D eigenvalue weighted by Crippen LogP contribution is 1.98. The van der Waals surface area contributed by atoms with Crippen LogP contribution in [0.1, 0.15) is 26.2 Å². The molecule has 3 nitrogen and oxygen atoms in total. The zero-order valence-electron chi connectivity index (χ0n) is 8.34. The van der Waals surface area contributed by atoms with Gasteiger partial charge in [-0.15, -0.1) is 6.58 Å². The molecule has 0 radical (unpaired) electrons. The highest BCUT2D eigenvalue weighted by molar-refractivity contribution is 5.72. The van der Waals surface area contributed by atoms with Crippen LogP contribution in [0.2, 0.25) is 0 Å². The van der Waals surface area contributed by atoms with Gasteiger partial charge in [-0.1, -0.05) is 6.08 Å². The second-order valence-electron chi connectivity index (χ2n) is 2.68. The molecule has 0 aromatic rings. The Kier molecular flexibility index (Phi) is 8.67. The van der Waals surface area contributed by atoms with Crippen LogP contribution in [0.5, 0.6) is 0 Å². The van der Waals surface area contributed by atoms with Crippen LogP contribution in [0.3, 0.4) is 0 Å². The van der Waals surface area contributed by atoms with E-state index < -0.39 is 0 Å². The van der Waals surface area contributed by atoms with Gasteiger partial charge in [0, 0.05) is 13.0 Å². The molecule has 0 aliphatic rings. The van der Waals surface area contributed by atoms with Gasteiger partial charge in [0.1, 0.15) is 0 Å². The first kappa shape index (κ1) is 12.2. The summed E-state index contributed by atoms with van der Waals surface area (Å²) < 4.78 is 10.2. The third kappa shape index (κ3) is 9.08. The van der Waals surface area contributed by atoms with Crippen molar-refractivity contribution in [1.29, 1.82) is 5.41 Å². The third-order valence-corrected chi connectivity index (χ3v) is 1.50. The van der Waals surface area contributed by atoms with Crippen LogP contribution in [-0.4, -0.2) is 25.7 Å². The minimum Gasteiger partial charge on any atom is -0.481 e. The topological polar surface area (TPSA) is 42.3 Å². The molecule has 0 heterocycles. The van der Waals surface area contributed by atoms with E-state index in [0.717, 1.165) is 19.4 Å². The van der Waals surface area contributed by atoms with E-state index in [1.54, 1.807) is 6.08 Å². The van der Waals surface area contributed by atoms with Gasteiger partial charge in [-0.3, -0.25) is 5.41 Å². The Hall–Kier alpha value is -0.830. The minimum atomic E-state index is 0.381. The molecule has 0 fully saturated rings. The summed E-state index contributed by atoms with van der Waals surface area (Å²) >= 11 is 0. The van der Waals surface area contributed by atoms with Gasteiger partial charge in [0.05, 0.1) is 13.2 Å². The van der Waals surface area contributed by atoms with Crippen LogP contribution < -0.4 is 0 Å². The van der Waals surface area contributed by atoms with Crippen LogP contribution >= 0.6 is 0 Å². The summed E-state index contributed by atoms with van der Waals surface area (Å²) in [4.78, 5) is 0. The summed E-state index contributed by atoms with van der Waals surface area (Å²) in [6.45, 7) is 7.39. The van der Waals surface area contributed by atoms with Gasteiger partial charge in [0.15, 0.2) is 5.90 Å². The molecule has 0 bridgehead atoms. The molecule has 0 rings (SSSR count). The Labute approximate surface area is 80.2 Å². The smallest absolute Gasteiger partial charge is 0.180 e. The van der Waals surface area contributed by atoms with Gasteiger partial charge in [0.25, 0.3) is 0 Å². The fourth-order valence-corrected chi connectivity index (χ4v) is 0.903. The normalized spacial score (nSPS) is 9.62. The first-order valence-electron chi connectivity index (χ1n) is 4.70. The second-order valence-corrected chi connectivity index (χ2v) is 2.68. The predicted molar refractivity (Wildman–Crippen MR) is 54.2 cm³/mol. The van der Waals surface area contributed by atoms with Crippen molar-refractivity contribution in [3.63, 3.8) is 0 Å². The van der Waals surface area contributed by atoms with Crippen LogP contribution in [0, 0.1) is 5.41 Å². The van der Waals surface area contributed by atoms with E-state index in [-0.39, 0.29) is 0 Å². The average Bonchev–Trinajstić information content (AvgIpc) is 2.11. The Morgan fingerprint density at radius 3 is 2.85 bits per heavy atom. The van der Waals surface area contributed by atoms with Gasteiger partial charge in [-0.05, 0) is 19.8 Å². The minimum absolute atomic E-state index is 0.381. The molecule has 0 unspecified atom stereocenters. The van der Waals surface area contributed by atoms with Crippen LogP contribution in [0.4, 0.5) is 0 Å². The van der Waals surface area contributed by atoms with Gasteiger partial charge < -0.3 is 9.47 Å². The number of rotatable bonds is 8. The van der Waals surface area contributed by atoms with E-state index in [9.17, 15) is 0 Å². The molecule has 1 N–H and O–H groups in total. The van der Waals surface area contributed by atoms with E-state index in [2.05, 4.69) is 6.58 Å². The number of hydrogen-bond donors (Lipinski definition) is 1. The monoisotopic (exact) mass is 185 g/mol. The maximum atomic E-state index is 7.33. The van der Waals surface area contributed by atoms with Crippen molar-refractivity contribution in [2.75, 3.05) is 19.8 Å². The summed E-state index contributed by atoms with van der Waals surface area (Å²) in [6, 6.07) is 0. The van der Waals surface area contributed by atoms with Crippen molar-refractivity contribution in [2.45, 2.75) is 26.2 Å². The van der Waals surface area contributed by atoms with Crippen molar-refractivity contribution in [2.24, 2.45) is 0 Å². The summed E-state index contributed by atoms with van der Waals surface area (Å²) in [7, 11) is 0. The summed E-state index contributed by atoms with van der Waals surface area (Å²) in [5.41, 5.74) is 0. The van der Waals surface area contributed by atoms with Gasteiger partial charge in [-0.2, -0.15) is 0 Å². The van der Waals surface area contributed by atoms with Crippen molar-refractivity contribution < 1.29 is 9.47 Å². The summed E-state index contributed by atoms with van der Waals surface area (Å²) in [5, 5.41) is 7.33. The fourth-order valence-electron chi connectivity index (χ4n) is 0.903. The van der Waals surface area contributed by atoms with Crippen molar-refractivity contribution in [1.82, 2.24) is 0 Å². The van der Waals surface area contributed by atoms with E-state index in [1.165, 1.54) is 0 Å². The fraction of sp³-hybridized carbons (Fsp3) is 0.700. The lowest BCUT2D eigenvalue weighted by Gasteiger charge is -2.04. The molecule has 0 amide bonds. The van der Waals surface area contributed by atoms with Crippen molar-refractivity contribution in [3.05, 3.63) is 12.7 Å². The molecule has 0 aliphatic heterocycles. The molecular formula is C10H19NO2. The Bertz CT molecular complexity index is 146. The molecule has 76 valence electrons. The summed E-state index contributed by atoms with van der Waals surface area (Å²) in [6.07, 6.45) is 4.38. The predicted octanol–water partition coefficient (Wildman–Crippen LogP) is 2.37. The maximum absolute atomic E-state index is 7.33. The SMILES string of the molecule is C=CCOCCCCC(=N)OCC. The van der Waals surface area contributed by atoms with Crippen LogP contribution in [0.15, 0.2) is 12.7 Å². The van der Waals surface area contributed by atoms with Gasteiger partial charge in [-0.25, -0.2) is 0 Å². The quantitative estimate of drug-likeness (QED) is 0.273. The number of hydrogen-bond acceptors (Lipinski definition) is 3. The Morgan fingerprint density at radius 1 is 1.46 bits per heavy atom. The third-order valence-electron chi connectivity index (χ3n) is 1.50. The molecular weight excluding hydrogens is 166 g/mol. The Balaban J connectivity index is 3.06. The second kappa shape index (κ2) is 9.26. The maximum Gasteiger partial charge on any atom is 0.180 e. The molecule has 0 aromatic heterocycles. The van der Waals surface area contributed by atoms with Crippen molar-refractivity contribution in [3.8, 4) is 0 Å². The van der Waals surface area contributed by atoms with E-state index in [1.807, 2.05) is 6.92 Å². The number of unbranched alkanes of at least 4 members (excludes halogenated alkanes) is 1. The molecule has 3 heteroatoms. The van der Waals surface area contributed by atoms with Crippen molar-refractivity contribution >= 4 is 5.90 Å². The molecule has 0 spiro atoms. The van der Waals surface area contributed by atoms with E-state index in [0.29, 0.717) is 25.5 Å². The van der Waals surface area contributed by atoms with Gasteiger partial charge in [0.2, 0.25) is 0 Å². The molecule has 0 saturated carbocycles. The Morgan fingerprint density at radius 2 is 2.23 bits per heavy atom. The number of ether oxygens (including phenoxy) is 2. The highest BCUT2D eigenvalue weighted by Gasteiger charge is 1.95. The molecule has 0 aliphatic carbocycles. The summed E-state index contributed by atoms with van der Waals surface area (Å²) in [5.74, 6) is 0.381. The largest absolute Gasteiger partial charge is 0.481 e. The molecule has 0 saturated heterocycles. The van der Waals surface area contributed by atoms with Crippen LogP contribution in [-0.2, 0) is 9.47 Å². The number of nitrogens with one attached hydrogen (secondary N) is 1. The highest BCUT2D eigenvalue weighted by atomic mass is 16.5. The van der Waals surface area contributed by atoms with Gasteiger partial charge >= 0.3 is 0 Å². The molecule has 0 atom stereocenters. The van der Waals surface area contributed by atoms with E-state index >= 15 is 0 Å². The molecule has 0 aromatic carbocycles. The first-order chi connectivity index (χ1) is 6.31. The standard InChI is InChI=1S/C10H19NO2/c1-3-8-12-9-6-5-7-10(11)13-4-2/h3,11H,1,4-9H2,2H3. The zero-order chi connectivity index (χ0) is 9.94. The lowest BCUT2D eigenvalue weighted by atomic mass is 10.2. The zero-order valence-corrected chi connectivity index (χ0v) is 8.34. The first-order valence-corrected chi connectivity index (χ1v) is 4.70. The van der Waals surface area contributed by atoms with Crippen LogP contribution in [0.25, 0.3) is 0 Å². The molecule has 13 heavy (non-hydrogen) atoms. The lowest BCUT2D eigenvalue weighted by Crippen LogP contribution is -2.03.